The van der Waals surface area contributed by atoms with Gasteiger partial charge < -0.3 is 10.1 Å². The highest BCUT2D eigenvalue weighted by Crippen LogP contribution is 2.24. The maximum atomic E-state index is 13.4. The molecule has 8 heteroatoms. The summed E-state index contributed by atoms with van der Waals surface area (Å²) in [5, 5.41) is 2.76. The number of carbonyl (C=O) groups is 1. The molecule has 1 amide bonds. The fourth-order valence-electron chi connectivity index (χ4n) is 3.07. The molecular weight excluding hydrogens is 431 g/mol. The van der Waals surface area contributed by atoms with Crippen LogP contribution in [0.2, 0.25) is 0 Å². The van der Waals surface area contributed by atoms with Crippen LogP contribution in [-0.2, 0) is 14.8 Å². The number of sulfonamides is 1. The lowest BCUT2D eigenvalue weighted by Crippen LogP contribution is -2.45. The van der Waals surface area contributed by atoms with Crippen LogP contribution in [0.4, 0.5) is 10.1 Å². The first-order chi connectivity index (χ1) is 15.3. The van der Waals surface area contributed by atoms with E-state index in [0.717, 1.165) is 22.0 Å². The number of carbonyl (C=O) groups excluding carboxylic acids is 1. The number of rotatable bonds is 9. The molecule has 168 valence electrons. The third-order valence-electron chi connectivity index (χ3n) is 4.72. The molecule has 0 fully saturated rings. The Labute approximate surface area is 187 Å². The van der Waals surface area contributed by atoms with Crippen LogP contribution in [0.25, 0.3) is 0 Å². The zero-order valence-corrected chi connectivity index (χ0v) is 18.7. The quantitative estimate of drug-likeness (QED) is 0.530. The Bertz CT molecular complexity index is 1150. The van der Waals surface area contributed by atoms with Crippen LogP contribution in [0.15, 0.2) is 83.8 Å². The van der Waals surface area contributed by atoms with Gasteiger partial charge in [-0.1, -0.05) is 36.4 Å². The van der Waals surface area contributed by atoms with E-state index >= 15 is 0 Å². The number of nitrogens with zero attached hydrogens (tertiary/aromatic N) is 1. The molecular formula is C24H25FN2O4S. The average Bonchev–Trinajstić information content (AvgIpc) is 2.78. The fourth-order valence-corrected chi connectivity index (χ4v) is 4.51. The molecule has 3 aromatic carbocycles. The molecule has 0 aliphatic carbocycles. The molecule has 1 N–H and O–H groups in total. The standard InChI is InChI=1S/C24H25FN2O4S/c1-18-8-6-7-11-23(18)31-17-19(2)26-24(28)16-27(21-14-12-20(25)13-15-21)32(29,30)22-9-4-3-5-10-22/h3-15,19H,16-17H2,1-2H3,(H,26,28). The van der Waals surface area contributed by atoms with Gasteiger partial charge in [-0.3, -0.25) is 9.10 Å². The monoisotopic (exact) mass is 456 g/mol. The first-order valence-electron chi connectivity index (χ1n) is 10.1. The van der Waals surface area contributed by atoms with E-state index < -0.39 is 28.3 Å². The van der Waals surface area contributed by atoms with Crippen molar-refractivity contribution in [1.29, 1.82) is 0 Å². The predicted molar refractivity (Wildman–Crippen MR) is 122 cm³/mol. The van der Waals surface area contributed by atoms with Crippen LogP contribution in [0.3, 0.4) is 0 Å². The van der Waals surface area contributed by atoms with Crippen molar-refractivity contribution in [3.8, 4) is 5.75 Å². The zero-order chi connectivity index (χ0) is 23.1. The van der Waals surface area contributed by atoms with E-state index in [1.807, 2.05) is 31.2 Å². The molecule has 1 atom stereocenters. The van der Waals surface area contributed by atoms with Crippen molar-refractivity contribution in [2.75, 3.05) is 17.5 Å². The maximum absolute atomic E-state index is 13.4. The minimum absolute atomic E-state index is 0.0352. The van der Waals surface area contributed by atoms with Gasteiger partial charge in [-0.2, -0.15) is 0 Å². The summed E-state index contributed by atoms with van der Waals surface area (Å²) in [6, 6.07) is 19.9. The Kier molecular flexibility index (Phi) is 7.48. The molecule has 0 saturated heterocycles. The summed E-state index contributed by atoms with van der Waals surface area (Å²) in [6.45, 7) is 3.45. The second-order valence-electron chi connectivity index (χ2n) is 7.35. The normalized spacial score (nSPS) is 12.1. The molecule has 0 saturated carbocycles. The summed E-state index contributed by atoms with van der Waals surface area (Å²) in [5.41, 5.74) is 1.16. The molecule has 6 nitrogen and oxygen atoms in total. The van der Waals surface area contributed by atoms with Crippen LogP contribution in [0.5, 0.6) is 5.75 Å². The summed E-state index contributed by atoms with van der Waals surface area (Å²) < 4.78 is 46.5. The fraction of sp³-hybridized carbons (Fsp3) is 0.208. The minimum Gasteiger partial charge on any atom is -0.491 e. The maximum Gasteiger partial charge on any atom is 0.264 e. The van der Waals surface area contributed by atoms with Gasteiger partial charge in [-0.15, -0.1) is 0 Å². The Morgan fingerprint density at radius 1 is 1.00 bits per heavy atom. The SMILES string of the molecule is Cc1ccccc1OCC(C)NC(=O)CN(c1ccc(F)cc1)S(=O)(=O)c1ccccc1. The number of ether oxygens (including phenoxy) is 1. The van der Waals surface area contributed by atoms with Crippen molar-refractivity contribution in [3.05, 3.63) is 90.2 Å². The van der Waals surface area contributed by atoms with E-state index in [1.165, 1.54) is 24.3 Å². The average molecular weight is 457 g/mol. The Morgan fingerprint density at radius 2 is 1.62 bits per heavy atom. The molecule has 1 unspecified atom stereocenters. The van der Waals surface area contributed by atoms with Crippen LogP contribution >= 0.6 is 0 Å². The van der Waals surface area contributed by atoms with Crippen molar-refractivity contribution in [2.24, 2.45) is 0 Å². The second kappa shape index (κ2) is 10.3. The number of aryl methyl sites for hydroxylation is 1. The van der Waals surface area contributed by atoms with Gasteiger partial charge in [0.2, 0.25) is 5.91 Å². The van der Waals surface area contributed by atoms with Crippen LogP contribution in [-0.4, -0.2) is 33.5 Å². The second-order valence-corrected chi connectivity index (χ2v) is 9.21. The van der Waals surface area contributed by atoms with E-state index in [-0.39, 0.29) is 23.2 Å². The predicted octanol–water partition coefficient (Wildman–Crippen LogP) is 3.91. The number of nitrogens with one attached hydrogen (secondary N) is 1. The first-order valence-corrected chi connectivity index (χ1v) is 11.5. The van der Waals surface area contributed by atoms with Gasteiger partial charge in [0.05, 0.1) is 16.6 Å². The molecule has 0 aliphatic rings. The summed E-state index contributed by atoms with van der Waals surface area (Å²) in [7, 11) is -4.04. The molecule has 0 aliphatic heterocycles. The van der Waals surface area contributed by atoms with E-state index in [1.54, 1.807) is 25.1 Å². The van der Waals surface area contributed by atoms with Crippen LogP contribution < -0.4 is 14.4 Å². The number of anilines is 1. The smallest absolute Gasteiger partial charge is 0.264 e. The van der Waals surface area contributed by atoms with Crippen molar-refractivity contribution in [2.45, 2.75) is 24.8 Å². The van der Waals surface area contributed by atoms with Crippen molar-refractivity contribution in [1.82, 2.24) is 5.32 Å². The van der Waals surface area contributed by atoms with Crippen molar-refractivity contribution in [3.63, 3.8) is 0 Å². The number of halogens is 1. The topological polar surface area (TPSA) is 75.7 Å². The van der Waals surface area contributed by atoms with Gasteiger partial charge in [-0.05, 0) is 61.9 Å². The Balaban J connectivity index is 1.73. The van der Waals surface area contributed by atoms with Crippen molar-refractivity contribution < 1.29 is 22.3 Å². The van der Waals surface area contributed by atoms with Gasteiger partial charge in [0, 0.05) is 0 Å². The third kappa shape index (κ3) is 5.85. The molecule has 3 rings (SSSR count). The van der Waals surface area contributed by atoms with Crippen molar-refractivity contribution >= 4 is 21.6 Å². The highest BCUT2D eigenvalue weighted by atomic mass is 32.2. The highest BCUT2D eigenvalue weighted by molar-refractivity contribution is 7.92. The molecule has 3 aromatic rings. The van der Waals surface area contributed by atoms with Crippen LogP contribution in [0, 0.1) is 12.7 Å². The first kappa shape index (κ1) is 23.3. The van der Waals surface area contributed by atoms with E-state index in [0.29, 0.717) is 5.75 Å². The van der Waals surface area contributed by atoms with Gasteiger partial charge in [0.25, 0.3) is 10.0 Å². The van der Waals surface area contributed by atoms with Gasteiger partial charge in [0.1, 0.15) is 24.7 Å². The largest absolute Gasteiger partial charge is 0.491 e. The molecule has 0 spiro atoms. The molecule has 0 radical (unpaired) electrons. The summed E-state index contributed by atoms with van der Waals surface area (Å²) >= 11 is 0. The zero-order valence-electron chi connectivity index (χ0n) is 17.9. The van der Waals surface area contributed by atoms with Gasteiger partial charge in [0.15, 0.2) is 0 Å². The molecule has 32 heavy (non-hydrogen) atoms. The van der Waals surface area contributed by atoms with E-state index in [9.17, 15) is 17.6 Å². The molecule has 0 heterocycles. The lowest BCUT2D eigenvalue weighted by molar-refractivity contribution is -0.120. The summed E-state index contributed by atoms with van der Waals surface area (Å²) in [4.78, 5) is 12.7. The van der Waals surface area contributed by atoms with E-state index in [2.05, 4.69) is 5.32 Å². The Morgan fingerprint density at radius 3 is 2.28 bits per heavy atom. The number of hydrogen-bond acceptors (Lipinski definition) is 4. The summed E-state index contributed by atoms with van der Waals surface area (Å²) in [5.74, 6) is -0.292. The third-order valence-corrected chi connectivity index (χ3v) is 6.51. The summed E-state index contributed by atoms with van der Waals surface area (Å²) in [6.07, 6.45) is 0. The Hall–Kier alpha value is -3.39. The molecule has 0 aromatic heterocycles. The van der Waals surface area contributed by atoms with Gasteiger partial charge in [-0.25, -0.2) is 12.8 Å². The van der Waals surface area contributed by atoms with Gasteiger partial charge >= 0.3 is 0 Å². The van der Waals surface area contributed by atoms with E-state index in [4.69, 9.17) is 4.74 Å². The number of para-hydroxylation sites is 1. The number of amides is 1. The lowest BCUT2D eigenvalue weighted by Gasteiger charge is -2.25. The highest BCUT2D eigenvalue weighted by Gasteiger charge is 2.27. The number of benzene rings is 3. The minimum atomic E-state index is -4.04. The lowest BCUT2D eigenvalue weighted by atomic mass is 10.2. The van der Waals surface area contributed by atoms with Crippen LogP contribution in [0.1, 0.15) is 12.5 Å². The number of hydrogen-bond donors (Lipinski definition) is 1. The molecule has 0 bridgehead atoms.